The van der Waals surface area contributed by atoms with E-state index in [1.165, 1.54) is 10.8 Å². The first-order valence-corrected chi connectivity index (χ1v) is 7.06. The lowest BCUT2D eigenvalue weighted by molar-refractivity contribution is -0.392. The molecular weight excluding hydrogens is 300 g/mol. The van der Waals surface area contributed by atoms with Crippen molar-refractivity contribution in [2.45, 2.75) is 27.3 Å². The number of benzene rings is 1. The van der Waals surface area contributed by atoms with Crippen LogP contribution in [0.25, 0.3) is 0 Å². The van der Waals surface area contributed by atoms with Gasteiger partial charge in [0.1, 0.15) is 19.3 Å². The molecule has 0 saturated heterocycles. The largest absolute Gasteiger partial charge is 0.445 e. The molecule has 2 aromatic rings. The smallest absolute Gasteiger partial charge is 0.411 e. The van der Waals surface area contributed by atoms with Crippen LogP contribution in [0.4, 0.5) is 16.3 Å². The number of carbonyl (C=O) groups excluding carboxylic acids is 1. The van der Waals surface area contributed by atoms with Crippen LogP contribution in [-0.2, 0) is 11.3 Å². The molecule has 0 bridgehead atoms. The molecule has 0 unspecified atom stereocenters. The maximum Gasteiger partial charge on any atom is 0.411 e. The summed E-state index contributed by atoms with van der Waals surface area (Å²) in [6, 6.07) is 5.54. The van der Waals surface area contributed by atoms with Gasteiger partial charge in [-0.05, 0) is 42.0 Å². The zero-order chi connectivity index (χ0) is 17.0. The number of nitro groups is 1. The molecule has 0 aliphatic carbocycles. The second-order valence-electron chi connectivity index (χ2n) is 5.13. The summed E-state index contributed by atoms with van der Waals surface area (Å²) in [4.78, 5) is 26.0. The number of amides is 1. The number of nitrogens with zero attached hydrogens (tertiary/aromatic N) is 3. The summed E-state index contributed by atoms with van der Waals surface area (Å²) in [5, 5.41) is 13.5. The summed E-state index contributed by atoms with van der Waals surface area (Å²) in [5.74, 6) is 0.371. The normalized spacial score (nSPS) is 10.4. The van der Waals surface area contributed by atoms with E-state index in [9.17, 15) is 14.9 Å². The number of aromatic nitrogens is 2. The molecule has 0 atom stereocenters. The fourth-order valence-electron chi connectivity index (χ4n) is 2.08. The van der Waals surface area contributed by atoms with Crippen LogP contribution in [0.15, 0.2) is 24.4 Å². The number of anilines is 1. The molecule has 0 aliphatic heterocycles. The average Bonchev–Trinajstić information content (AvgIpc) is 2.84. The van der Waals surface area contributed by atoms with Crippen molar-refractivity contribution in [3.8, 4) is 0 Å². The summed E-state index contributed by atoms with van der Waals surface area (Å²) < 4.78 is 6.45. The van der Waals surface area contributed by atoms with Crippen molar-refractivity contribution in [2.75, 3.05) is 11.9 Å². The van der Waals surface area contributed by atoms with Crippen molar-refractivity contribution in [3.05, 3.63) is 51.5 Å². The predicted octanol–water partition coefficient (Wildman–Crippen LogP) is 2.97. The van der Waals surface area contributed by atoms with Gasteiger partial charge in [0, 0.05) is 12.6 Å². The second-order valence-corrected chi connectivity index (χ2v) is 5.13. The number of nitrogens with one attached hydrogen (secondary N) is 1. The number of hydrogen-bond acceptors (Lipinski definition) is 5. The van der Waals surface area contributed by atoms with Gasteiger partial charge >= 0.3 is 11.9 Å². The van der Waals surface area contributed by atoms with E-state index in [0.717, 1.165) is 11.1 Å². The van der Waals surface area contributed by atoms with Crippen molar-refractivity contribution in [1.29, 1.82) is 0 Å². The number of ether oxygens (including phenoxy) is 1. The maximum absolute atomic E-state index is 11.7. The van der Waals surface area contributed by atoms with Gasteiger partial charge in [-0.3, -0.25) is 5.32 Å². The Kier molecular flexibility index (Phi) is 4.95. The highest BCUT2D eigenvalue weighted by Gasteiger charge is 2.17. The summed E-state index contributed by atoms with van der Waals surface area (Å²) in [6.45, 7) is 5.77. The third kappa shape index (κ3) is 4.06. The van der Waals surface area contributed by atoms with E-state index in [1.807, 2.05) is 26.0 Å². The van der Waals surface area contributed by atoms with Gasteiger partial charge in [-0.1, -0.05) is 6.07 Å². The molecule has 1 heterocycles. The van der Waals surface area contributed by atoms with Gasteiger partial charge in [0.05, 0.1) is 0 Å². The van der Waals surface area contributed by atoms with Gasteiger partial charge in [0.25, 0.3) is 0 Å². The number of imidazole rings is 1. The third-order valence-electron chi connectivity index (χ3n) is 3.52. The van der Waals surface area contributed by atoms with Crippen LogP contribution in [0.5, 0.6) is 0 Å². The van der Waals surface area contributed by atoms with E-state index in [-0.39, 0.29) is 19.0 Å². The minimum Gasteiger partial charge on any atom is -0.445 e. The van der Waals surface area contributed by atoms with Gasteiger partial charge in [0.15, 0.2) is 5.82 Å². The van der Waals surface area contributed by atoms with Crippen molar-refractivity contribution in [1.82, 2.24) is 9.55 Å². The Morgan fingerprint density at radius 1 is 1.35 bits per heavy atom. The molecule has 0 fully saturated rings. The van der Waals surface area contributed by atoms with Crippen LogP contribution in [-0.4, -0.2) is 27.2 Å². The monoisotopic (exact) mass is 318 g/mol. The molecule has 2 rings (SSSR count). The number of hydrogen-bond donors (Lipinski definition) is 1. The standard InChI is InChI=1S/C15H18N4O4/c1-10-4-5-13(8-11(10)2)17-15(20)23-7-6-18-12(3)16-9-14(18)19(21)22/h4-5,8-9H,6-7H2,1-3H3,(H,17,20). The lowest BCUT2D eigenvalue weighted by Gasteiger charge is -2.08. The van der Waals surface area contributed by atoms with Gasteiger partial charge in [-0.2, -0.15) is 0 Å². The van der Waals surface area contributed by atoms with Gasteiger partial charge in [0.2, 0.25) is 0 Å². The average molecular weight is 318 g/mol. The molecule has 122 valence electrons. The Morgan fingerprint density at radius 2 is 2.09 bits per heavy atom. The topological polar surface area (TPSA) is 99.3 Å². The van der Waals surface area contributed by atoms with Crippen LogP contribution in [0.3, 0.4) is 0 Å². The molecule has 0 spiro atoms. The highest BCUT2D eigenvalue weighted by molar-refractivity contribution is 5.84. The fourth-order valence-corrected chi connectivity index (χ4v) is 2.08. The first kappa shape index (κ1) is 16.5. The van der Waals surface area contributed by atoms with Gasteiger partial charge < -0.3 is 14.9 Å². The Hall–Kier alpha value is -2.90. The minimum absolute atomic E-state index is 0.00865. The number of aryl methyl sites for hydroxylation is 3. The van der Waals surface area contributed by atoms with Crippen LogP contribution >= 0.6 is 0 Å². The summed E-state index contributed by atoms with van der Waals surface area (Å²) in [7, 11) is 0. The molecule has 8 heteroatoms. The third-order valence-corrected chi connectivity index (χ3v) is 3.52. The molecule has 0 saturated carbocycles. The van der Waals surface area contributed by atoms with E-state index in [1.54, 1.807) is 13.0 Å². The molecule has 23 heavy (non-hydrogen) atoms. The van der Waals surface area contributed by atoms with E-state index < -0.39 is 11.0 Å². The molecular formula is C15H18N4O4. The summed E-state index contributed by atoms with van der Waals surface area (Å²) in [5.41, 5.74) is 2.84. The van der Waals surface area contributed by atoms with Crippen LogP contribution in [0.1, 0.15) is 17.0 Å². The van der Waals surface area contributed by atoms with E-state index >= 15 is 0 Å². The van der Waals surface area contributed by atoms with Crippen molar-refractivity contribution in [2.24, 2.45) is 0 Å². The lowest BCUT2D eigenvalue weighted by Crippen LogP contribution is -2.18. The van der Waals surface area contributed by atoms with Gasteiger partial charge in [-0.15, -0.1) is 0 Å². The van der Waals surface area contributed by atoms with Crippen LogP contribution < -0.4 is 5.32 Å². The van der Waals surface area contributed by atoms with Crippen molar-refractivity contribution < 1.29 is 14.5 Å². The molecule has 1 aromatic carbocycles. The Balaban J connectivity index is 1.89. The minimum atomic E-state index is -0.603. The van der Waals surface area contributed by atoms with E-state index in [2.05, 4.69) is 10.3 Å². The SMILES string of the molecule is Cc1ccc(NC(=O)OCCn2c([N+](=O)[O-])cnc2C)cc1C. The molecule has 0 radical (unpaired) electrons. The Bertz CT molecular complexity index is 739. The highest BCUT2D eigenvalue weighted by atomic mass is 16.6. The van der Waals surface area contributed by atoms with E-state index in [4.69, 9.17) is 4.74 Å². The Labute approximate surface area is 133 Å². The molecule has 0 aliphatic rings. The highest BCUT2D eigenvalue weighted by Crippen LogP contribution is 2.15. The molecule has 8 nitrogen and oxygen atoms in total. The second kappa shape index (κ2) is 6.91. The van der Waals surface area contributed by atoms with Crippen molar-refractivity contribution in [3.63, 3.8) is 0 Å². The predicted molar refractivity (Wildman–Crippen MR) is 84.5 cm³/mol. The zero-order valence-corrected chi connectivity index (χ0v) is 13.2. The van der Waals surface area contributed by atoms with Crippen LogP contribution in [0, 0.1) is 30.9 Å². The van der Waals surface area contributed by atoms with Crippen molar-refractivity contribution >= 4 is 17.6 Å². The molecule has 1 N–H and O–H groups in total. The quantitative estimate of drug-likeness (QED) is 0.675. The zero-order valence-electron chi connectivity index (χ0n) is 13.2. The number of rotatable bonds is 5. The summed E-state index contributed by atoms with van der Waals surface area (Å²) in [6.07, 6.45) is 0.582. The fraction of sp³-hybridized carbons (Fsp3) is 0.333. The van der Waals surface area contributed by atoms with Gasteiger partial charge in [-0.25, -0.2) is 14.3 Å². The molecule has 1 aromatic heterocycles. The first-order chi connectivity index (χ1) is 10.9. The maximum atomic E-state index is 11.7. The summed E-state index contributed by atoms with van der Waals surface area (Å²) >= 11 is 0. The first-order valence-electron chi connectivity index (χ1n) is 7.06. The van der Waals surface area contributed by atoms with E-state index in [0.29, 0.717) is 11.5 Å². The lowest BCUT2D eigenvalue weighted by atomic mass is 10.1. The van der Waals surface area contributed by atoms with Crippen LogP contribution in [0.2, 0.25) is 0 Å². The molecule has 1 amide bonds. The Morgan fingerprint density at radius 3 is 2.74 bits per heavy atom. The number of carbonyl (C=O) groups is 1.